The van der Waals surface area contributed by atoms with Crippen LogP contribution in [0, 0.1) is 5.92 Å². The average molecular weight is 305 g/mol. The number of carbonyl (C=O) groups is 2. The third-order valence-corrected chi connectivity index (χ3v) is 3.74. The summed E-state index contributed by atoms with van der Waals surface area (Å²) in [6, 6.07) is 0. The summed E-state index contributed by atoms with van der Waals surface area (Å²) in [6.07, 6.45) is 1.89. The van der Waals surface area contributed by atoms with Crippen LogP contribution in [0.1, 0.15) is 33.6 Å². The molecule has 1 unspecified atom stereocenters. The van der Waals surface area contributed by atoms with E-state index in [0.29, 0.717) is 19.4 Å². The van der Waals surface area contributed by atoms with Crippen molar-refractivity contribution in [2.45, 2.75) is 39.2 Å². The van der Waals surface area contributed by atoms with E-state index in [9.17, 15) is 18.0 Å². The number of likely N-dealkylation sites (tertiary alicyclic amines) is 1. The molecule has 0 aliphatic carbocycles. The lowest BCUT2D eigenvalue weighted by Gasteiger charge is -2.33. The highest BCUT2D eigenvalue weighted by Gasteiger charge is 2.31. The number of rotatable bonds is 3. The Morgan fingerprint density at radius 2 is 1.90 bits per heavy atom. The first-order valence-electron chi connectivity index (χ1n) is 6.66. The minimum Gasteiger partial charge on any atom is -0.444 e. The maximum atomic E-state index is 11.9. The molecule has 0 aromatic heterocycles. The summed E-state index contributed by atoms with van der Waals surface area (Å²) < 4.78 is 27.6. The highest BCUT2D eigenvalue weighted by atomic mass is 32.2. The van der Waals surface area contributed by atoms with Crippen molar-refractivity contribution in [3.8, 4) is 0 Å². The lowest BCUT2D eigenvalue weighted by Crippen LogP contribution is -2.45. The number of ketones is 1. The summed E-state index contributed by atoms with van der Waals surface area (Å²) in [7, 11) is -3.32. The predicted molar refractivity (Wildman–Crippen MR) is 75.2 cm³/mol. The number of nitrogens with zero attached hydrogens (tertiary/aromatic N) is 1. The molecule has 0 radical (unpaired) electrons. The quantitative estimate of drug-likeness (QED) is 0.784. The van der Waals surface area contributed by atoms with Crippen LogP contribution < -0.4 is 0 Å². The number of Topliss-reactive ketones (excluding diaryl/α,β-unsaturated/α-hetero) is 1. The molecule has 20 heavy (non-hydrogen) atoms. The third-order valence-electron chi connectivity index (χ3n) is 2.93. The molecule has 0 spiro atoms. The number of amides is 1. The largest absolute Gasteiger partial charge is 0.444 e. The molecule has 1 fully saturated rings. The van der Waals surface area contributed by atoms with Gasteiger partial charge in [0.15, 0.2) is 15.6 Å². The Labute approximate surface area is 120 Å². The van der Waals surface area contributed by atoms with Crippen LogP contribution in [0.15, 0.2) is 0 Å². The molecule has 1 heterocycles. The van der Waals surface area contributed by atoms with Crippen molar-refractivity contribution in [2.75, 3.05) is 25.1 Å². The Balaban J connectivity index is 2.63. The zero-order valence-corrected chi connectivity index (χ0v) is 13.3. The average Bonchev–Trinajstić information content (AvgIpc) is 2.24. The fraction of sp³-hybridized carbons (Fsp3) is 0.846. The Bertz CT molecular complexity index is 477. The molecule has 1 aliphatic heterocycles. The highest BCUT2D eigenvalue weighted by Crippen LogP contribution is 2.20. The molecule has 0 bridgehead atoms. The molecule has 0 saturated carbocycles. The lowest BCUT2D eigenvalue weighted by atomic mass is 9.95. The fourth-order valence-corrected chi connectivity index (χ4v) is 2.86. The molecule has 1 amide bonds. The van der Waals surface area contributed by atoms with E-state index in [4.69, 9.17) is 4.74 Å². The van der Waals surface area contributed by atoms with Gasteiger partial charge >= 0.3 is 6.09 Å². The van der Waals surface area contributed by atoms with Crippen LogP contribution in [0.3, 0.4) is 0 Å². The molecule has 0 aromatic carbocycles. The van der Waals surface area contributed by atoms with E-state index in [1.807, 2.05) is 0 Å². The summed E-state index contributed by atoms with van der Waals surface area (Å²) in [6.45, 7) is 6.12. The van der Waals surface area contributed by atoms with Crippen molar-refractivity contribution in [3.63, 3.8) is 0 Å². The molecule has 0 aromatic rings. The Hall–Kier alpha value is -1.11. The minimum atomic E-state index is -3.32. The third kappa shape index (κ3) is 5.90. The second kappa shape index (κ2) is 6.11. The van der Waals surface area contributed by atoms with Gasteiger partial charge in [-0.25, -0.2) is 13.2 Å². The molecule has 116 valence electrons. The van der Waals surface area contributed by atoms with Crippen LogP contribution >= 0.6 is 0 Å². The molecule has 0 N–H and O–H groups in total. The van der Waals surface area contributed by atoms with Crippen LogP contribution in [0.25, 0.3) is 0 Å². The van der Waals surface area contributed by atoms with Crippen LogP contribution in [-0.2, 0) is 19.4 Å². The van der Waals surface area contributed by atoms with Gasteiger partial charge in [0.2, 0.25) is 0 Å². The van der Waals surface area contributed by atoms with Crippen molar-refractivity contribution >= 4 is 21.7 Å². The van der Waals surface area contributed by atoms with Crippen LogP contribution in [0.5, 0.6) is 0 Å². The molecular formula is C13H23NO5S. The van der Waals surface area contributed by atoms with E-state index in [1.165, 1.54) is 4.90 Å². The first-order valence-corrected chi connectivity index (χ1v) is 8.72. The molecular weight excluding hydrogens is 282 g/mol. The van der Waals surface area contributed by atoms with Gasteiger partial charge in [-0.2, -0.15) is 0 Å². The smallest absolute Gasteiger partial charge is 0.410 e. The lowest BCUT2D eigenvalue weighted by molar-refractivity contribution is -0.121. The van der Waals surface area contributed by atoms with E-state index in [-0.39, 0.29) is 12.3 Å². The molecule has 1 rings (SSSR count). The summed E-state index contributed by atoms with van der Waals surface area (Å²) in [5, 5.41) is 0. The first-order chi connectivity index (χ1) is 8.98. The number of hydrogen-bond acceptors (Lipinski definition) is 5. The van der Waals surface area contributed by atoms with Gasteiger partial charge in [-0.3, -0.25) is 4.79 Å². The molecule has 1 aliphatic rings. The van der Waals surface area contributed by atoms with Gasteiger partial charge in [0.05, 0.1) is 0 Å². The maximum absolute atomic E-state index is 11.9. The van der Waals surface area contributed by atoms with Gasteiger partial charge in [-0.15, -0.1) is 0 Å². The Morgan fingerprint density at radius 3 is 2.40 bits per heavy atom. The van der Waals surface area contributed by atoms with Crippen LogP contribution in [0.2, 0.25) is 0 Å². The predicted octanol–water partition coefficient (Wildman–Crippen LogP) is 1.25. The van der Waals surface area contributed by atoms with E-state index in [1.54, 1.807) is 20.8 Å². The van der Waals surface area contributed by atoms with Crippen LogP contribution in [0.4, 0.5) is 4.79 Å². The summed E-state index contributed by atoms with van der Waals surface area (Å²) >= 11 is 0. The second-order valence-corrected chi connectivity index (χ2v) is 8.44. The van der Waals surface area contributed by atoms with Gasteiger partial charge in [0.25, 0.3) is 0 Å². The van der Waals surface area contributed by atoms with Gasteiger partial charge < -0.3 is 9.64 Å². The topological polar surface area (TPSA) is 80.8 Å². The van der Waals surface area contributed by atoms with Gasteiger partial charge in [-0.05, 0) is 33.6 Å². The fourth-order valence-electron chi connectivity index (χ4n) is 2.11. The number of piperidine rings is 1. The van der Waals surface area contributed by atoms with E-state index in [2.05, 4.69) is 0 Å². The van der Waals surface area contributed by atoms with E-state index in [0.717, 1.165) is 6.26 Å². The zero-order valence-electron chi connectivity index (χ0n) is 12.5. The summed E-state index contributed by atoms with van der Waals surface area (Å²) in [5.41, 5.74) is -0.583. The second-order valence-electron chi connectivity index (χ2n) is 6.30. The van der Waals surface area contributed by atoms with Crippen molar-refractivity contribution < 1.29 is 22.7 Å². The number of carbonyl (C=O) groups excluding carboxylic acids is 2. The van der Waals surface area contributed by atoms with Gasteiger partial charge in [0.1, 0.15) is 11.4 Å². The van der Waals surface area contributed by atoms with Crippen molar-refractivity contribution in [3.05, 3.63) is 0 Å². The molecule has 7 heteroatoms. The van der Waals surface area contributed by atoms with Crippen molar-refractivity contribution in [2.24, 2.45) is 5.92 Å². The molecule has 6 nitrogen and oxygen atoms in total. The number of sulfone groups is 1. The highest BCUT2D eigenvalue weighted by molar-refractivity contribution is 7.91. The van der Waals surface area contributed by atoms with Crippen LogP contribution in [-0.4, -0.2) is 55.9 Å². The SMILES string of the molecule is CC(C)(C)OC(=O)N1CCCC(C(=O)CS(C)(=O)=O)C1. The van der Waals surface area contributed by atoms with Gasteiger partial charge in [-0.1, -0.05) is 0 Å². The number of ether oxygens (including phenoxy) is 1. The monoisotopic (exact) mass is 305 g/mol. The Morgan fingerprint density at radius 1 is 1.30 bits per heavy atom. The summed E-state index contributed by atoms with van der Waals surface area (Å²) in [4.78, 5) is 25.3. The first kappa shape index (κ1) is 16.9. The standard InChI is InChI=1S/C13H23NO5S/c1-13(2,3)19-12(16)14-7-5-6-10(8-14)11(15)9-20(4,17)18/h10H,5-9H2,1-4H3. The Kier molecular flexibility index (Phi) is 5.18. The van der Waals surface area contributed by atoms with E-state index >= 15 is 0 Å². The molecule has 1 atom stereocenters. The van der Waals surface area contributed by atoms with Crippen molar-refractivity contribution in [1.29, 1.82) is 0 Å². The normalized spacial score (nSPS) is 20.6. The zero-order chi connectivity index (χ0) is 15.6. The summed E-state index contributed by atoms with van der Waals surface area (Å²) in [5.74, 6) is -1.19. The molecule has 1 saturated heterocycles. The van der Waals surface area contributed by atoms with Gasteiger partial charge in [0, 0.05) is 25.3 Å². The number of hydrogen-bond donors (Lipinski definition) is 0. The maximum Gasteiger partial charge on any atom is 0.410 e. The minimum absolute atomic E-state index is 0.239. The van der Waals surface area contributed by atoms with Crippen molar-refractivity contribution in [1.82, 2.24) is 4.90 Å². The van der Waals surface area contributed by atoms with E-state index < -0.39 is 33.2 Å².